The van der Waals surface area contributed by atoms with Crippen LogP contribution in [0.5, 0.6) is 5.88 Å². The van der Waals surface area contributed by atoms with E-state index in [0.717, 1.165) is 11.0 Å². The minimum absolute atomic E-state index is 0.00899. The number of benzene rings is 1. The van der Waals surface area contributed by atoms with Crippen LogP contribution in [0.15, 0.2) is 38.8 Å². The molecule has 7 heteroatoms. The zero-order chi connectivity index (χ0) is 16.3. The number of hydrogen-bond donors (Lipinski definition) is 2. The van der Waals surface area contributed by atoms with E-state index in [1.54, 1.807) is 24.3 Å². The standard InChI is InChI=1S/C15H16ClN3O3/c1-3-9(2)17-8-12-13(20)18-15(22)19(14(12)21)11-6-4-10(16)5-7-11/h4-9,21H,3H2,1-2H3,(H,18,20,22)/t9-/m0/s1. The monoisotopic (exact) mass is 321 g/mol. The molecule has 0 radical (unpaired) electrons. The number of H-pyrrole nitrogens is 1. The van der Waals surface area contributed by atoms with E-state index >= 15 is 0 Å². The molecule has 1 heterocycles. The number of aromatic amines is 1. The van der Waals surface area contributed by atoms with Crippen molar-refractivity contribution in [3.8, 4) is 11.6 Å². The number of aromatic hydroxyl groups is 1. The van der Waals surface area contributed by atoms with E-state index in [9.17, 15) is 14.7 Å². The predicted octanol–water partition coefficient (Wildman–Crippen LogP) is 2.10. The smallest absolute Gasteiger partial charge is 0.335 e. The molecule has 0 saturated carbocycles. The molecule has 0 aliphatic heterocycles. The van der Waals surface area contributed by atoms with Crippen LogP contribution in [0.3, 0.4) is 0 Å². The number of aromatic nitrogens is 2. The lowest BCUT2D eigenvalue weighted by atomic mass is 10.2. The molecule has 22 heavy (non-hydrogen) atoms. The fourth-order valence-electron chi connectivity index (χ4n) is 1.79. The molecule has 0 amide bonds. The fourth-order valence-corrected chi connectivity index (χ4v) is 1.92. The Morgan fingerprint density at radius 2 is 2.00 bits per heavy atom. The summed E-state index contributed by atoms with van der Waals surface area (Å²) in [6.07, 6.45) is 2.08. The maximum Gasteiger partial charge on any atom is 0.335 e. The SMILES string of the molecule is CC[C@H](C)N=Cc1c(O)n(-c2ccc(Cl)cc2)c(=O)[nH]c1=O. The number of hydrogen-bond acceptors (Lipinski definition) is 4. The molecule has 0 aliphatic rings. The van der Waals surface area contributed by atoms with E-state index in [4.69, 9.17) is 11.6 Å². The van der Waals surface area contributed by atoms with Gasteiger partial charge in [0.2, 0.25) is 5.88 Å². The third-order valence-corrected chi connectivity index (χ3v) is 3.51. The Balaban J connectivity index is 2.61. The third kappa shape index (κ3) is 3.28. The Labute approximate surface area is 131 Å². The van der Waals surface area contributed by atoms with Crippen molar-refractivity contribution in [1.29, 1.82) is 0 Å². The normalized spacial score (nSPS) is 12.7. The van der Waals surface area contributed by atoms with Gasteiger partial charge in [-0.3, -0.25) is 14.8 Å². The molecule has 1 atom stereocenters. The summed E-state index contributed by atoms with van der Waals surface area (Å²) < 4.78 is 0.996. The highest BCUT2D eigenvalue weighted by atomic mass is 35.5. The van der Waals surface area contributed by atoms with Gasteiger partial charge in [0.1, 0.15) is 5.56 Å². The quantitative estimate of drug-likeness (QED) is 0.845. The lowest BCUT2D eigenvalue weighted by Gasteiger charge is -2.10. The molecule has 1 aromatic heterocycles. The van der Waals surface area contributed by atoms with Crippen molar-refractivity contribution in [2.75, 3.05) is 0 Å². The Hall–Kier alpha value is -2.34. The van der Waals surface area contributed by atoms with Crippen LogP contribution in [0.2, 0.25) is 5.02 Å². The summed E-state index contributed by atoms with van der Waals surface area (Å²) in [7, 11) is 0. The molecule has 2 rings (SSSR count). The summed E-state index contributed by atoms with van der Waals surface area (Å²) in [6.45, 7) is 3.84. The van der Waals surface area contributed by atoms with Gasteiger partial charge < -0.3 is 5.11 Å². The molecule has 0 saturated heterocycles. The van der Waals surface area contributed by atoms with Crippen molar-refractivity contribution in [3.05, 3.63) is 55.7 Å². The van der Waals surface area contributed by atoms with E-state index in [0.29, 0.717) is 10.7 Å². The largest absolute Gasteiger partial charge is 0.493 e. The number of nitrogens with zero attached hydrogens (tertiary/aromatic N) is 2. The highest BCUT2D eigenvalue weighted by molar-refractivity contribution is 6.30. The number of halogens is 1. The van der Waals surface area contributed by atoms with Gasteiger partial charge in [-0.1, -0.05) is 18.5 Å². The van der Waals surface area contributed by atoms with Gasteiger partial charge in [0.05, 0.1) is 5.69 Å². The first-order chi connectivity index (χ1) is 10.4. The molecule has 2 N–H and O–H groups in total. The van der Waals surface area contributed by atoms with Crippen molar-refractivity contribution in [2.45, 2.75) is 26.3 Å². The van der Waals surface area contributed by atoms with Crippen molar-refractivity contribution >= 4 is 17.8 Å². The van der Waals surface area contributed by atoms with Crippen LogP contribution in [0.25, 0.3) is 5.69 Å². The zero-order valence-electron chi connectivity index (χ0n) is 12.2. The van der Waals surface area contributed by atoms with E-state index in [2.05, 4.69) is 9.98 Å². The molecule has 6 nitrogen and oxygen atoms in total. The highest BCUT2D eigenvalue weighted by Crippen LogP contribution is 2.17. The van der Waals surface area contributed by atoms with Crippen LogP contribution < -0.4 is 11.2 Å². The van der Waals surface area contributed by atoms with Gasteiger partial charge in [-0.15, -0.1) is 0 Å². The first-order valence-electron chi connectivity index (χ1n) is 6.81. The molecule has 116 valence electrons. The van der Waals surface area contributed by atoms with E-state index in [1.807, 2.05) is 13.8 Å². The van der Waals surface area contributed by atoms with E-state index in [-0.39, 0.29) is 11.6 Å². The minimum Gasteiger partial charge on any atom is -0.493 e. The van der Waals surface area contributed by atoms with Crippen molar-refractivity contribution < 1.29 is 5.11 Å². The second kappa shape index (κ2) is 6.62. The van der Waals surface area contributed by atoms with Crippen molar-refractivity contribution in [1.82, 2.24) is 9.55 Å². The summed E-state index contributed by atoms with van der Waals surface area (Å²) in [5.74, 6) is -0.455. The average Bonchev–Trinajstić information content (AvgIpc) is 2.48. The summed E-state index contributed by atoms with van der Waals surface area (Å²) in [5, 5.41) is 10.8. The number of aliphatic imine (C=N–C) groups is 1. The molecule has 0 spiro atoms. The van der Waals surface area contributed by atoms with Gasteiger partial charge in [0.15, 0.2) is 0 Å². The van der Waals surface area contributed by atoms with E-state index < -0.39 is 17.1 Å². The van der Waals surface area contributed by atoms with Gasteiger partial charge in [-0.05, 0) is 37.6 Å². The molecule has 0 fully saturated rings. The average molecular weight is 322 g/mol. The van der Waals surface area contributed by atoms with Gasteiger partial charge in [0.25, 0.3) is 5.56 Å². The van der Waals surface area contributed by atoms with Gasteiger partial charge in [-0.25, -0.2) is 9.36 Å². The van der Waals surface area contributed by atoms with Crippen LogP contribution >= 0.6 is 11.6 Å². The molecular formula is C15H16ClN3O3. The van der Waals surface area contributed by atoms with Gasteiger partial charge in [-0.2, -0.15) is 0 Å². The Kier molecular flexibility index (Phi) is 4.82. The number of rotatable bonds is 4. The Morgan fingerprint density at radius 3 is 2.59 bits per heavy atom. The van der Waals surface area contributed by atoms with Crippen molar-refractivity contribution in [2.24, 2.45) is 4.99 Å². The van der Waals surface area contributed by atoms with Gasteiger partial charge >= 0.3 is 5.69 Å². The summed E-state index contributed by atoms with van der Waals surface area (Å²) >= 11 is 5.81. The lowest BCUT2D eigenvalue weighted by molar-refractivity contribution is 0.430. The molecule has 0 unspecified atom stereocenters. The molecular weight excluding hydrogens is 306 g/mol. The summed E-state index contributed by atoms with van der Waals surface area (Å²) in [6, 6.07) is 6.31. The van der Waals surface area contributed by atoms with Crippen LogP contribution in [0, 0.1) is 0 Å². The van der Waals surface area contributed by atoms with E-state index in [1.165, 1.54) is 6.21 Å². The summed E-state index contributed by atoms with van der Waals surface area (Å²) in [5.41, 5.74) is -1.08. The summed E-state index contributed by atoms with van der Waals surface area (Å²) in [4.78, 5) is 30.2. The maximum absolute atomic E-state index is 12.0. The lowest BCUT2D eigenvalue weighted by Crippen LogP contribution is -2.31. The van der Waals surface area contributed by atoms with Gasteiger partial charge in [0, 0.05) is 17.3 Å². The Bertz CT molecular complexity index is 806. The molecule has 2 aromatic rings. The predicted molar refractivity (Wildman–Crippen MR) is 86.7 cm³/mol. The van der Waals surface area contributed by atoms with Crippen LogP contribution in [0.1, 0.15) is 25.8 Å². The third-order valence-electron chi connectivity index (χ3n) is 3.25. The molecule has 0 bridgehead atoms. The molecule has 0 aliphatic carbocycles. The highest BCUT2D eigenvalue weighted by Gasteiger charge is 2.14. The first-order valence-corrected chi connectivity index (χ1v) is 7.19. The first kappa shape index (κ1) is 16.0. The fraction of sp³-hybridized carbons (Fsp3) is 0.267. The van der Waals surface area contributed by atoms with Crippen LogP contribution in [-0.4, -0.2) is 26.9 Å². The minimum atomic E-state index is -0.731. The van der Waals surface area contributed by atoms with Crippen molar-refractivity contribution in [3.63, 3.8) is 0 Å². The maximum atomic E-state index is 12.0. The number of nitrogens with one attached hydrogen (secondary N) is 1. The Morgan fingerprint density at radius 1 is 1.36 bits per heavy atom. The molecule has 1 aromatic carbocycles. The second-order valence-corrected chi connectivity index (χ2v) is 5.28. The van der Waals surface area contributed by atoms with Crippen LogP contribution in [0.4, 0.5) is 0 Å². The van der Waals surface area contributed by atoms with Crippen LogP contribution in [-0.2, 0) is 0 Å². The zero-order valence-corrected chi connectivity index (χ0v) is 13.0. The topological polar surface area (TPSA) is 87.4 Å². The second-order valence-electron chi connectivity index (χ2n) is 4.84.